The smallest absolute Gasteiger partial charge is 0.145 e. The predicted octanol–water partition coefficient (Wildman–Crippen LogP) is 1.62. The van der Waals surface area contributed by atoms with Gasteiger partial charge >= 0.3 is 0 Å². The predicted molar refractivity (Wildman–Crippen MR) is 55.7 cm³/mol. The number of hydrogen-bond acceptors (Lipinski definition) is 5. The summed E-state index contributed by atoms with van der Waals surface area (Å²) in [6, 6.07) is 1.69. The van der Waals surface area contributed by atoms with Gasteiger partial charge in [-0.3, -0.25) is 0 Å². The van der Waals surface area contributed by atoms with Crippen molar-refractivity contribution < 1.29 is 0 Å². The maximum absolute atomic E-state index is 5.69. The molecule has 4 nitrogen and oxygen atoms in total. The Kier molecular flexibility index (Phi) is 2.51. The van der Waals surface area contributed by atoms with Gasteiger partial charge in [-0.15, -0.1) is 11.3 Å². The van der Waals surface area contributed by atoms with Gasteiger partial charge in [-0.1, -0.05) is 0 Å². The molecule has 0 amide bonds. The van der Waals surface area contributed by atoms with Crippen molar-refractivity contribution in [2.75, 3.05) is 0 Å². The second-order valence-electron chi connectivity index (χ2n) is 2.96. The van der Waals surface area contributed by atoms with Crippen molar-refractivity contribution >= 4 is 11.3 Å². The molecule has 0 aliphatic heterocycles. The van der Waals surface area contributed by atoms with Gasteiger partial charge < -0.3 is 5.73 Å². The van der Waals surface area contributed by atoms with Crippen molar-refractivity contribution in [2.24, 2.45) is 5.73 Å². The Morgan fingerprint density at radius 3 is 2.86 bits per heavy atom. The fraction of sp³-hybridized carbons (Fsp3) is 0.222. The van der Waals surface area contributed by atoms with E-state index in [0.717, 1.165) is 11.4 Å². The minimum Gasteiger partial charge on any atom is -0.322 e. The van der Waals surface area contributed by atoms with Crippen LogP contribution in [-0.2, 0) is 0 Å². The van der Waals surface area contributed by atoms with Crippen LogP contribution in [0.3, 0.4) is 0 Å². The highest BCUT2D eigenvalue weighted by Crippen LogP contribution is 2.16. The first kappa shape index (κ1) is 9.23. The van der Waals surface area contributed by atoms with Crippen molar-refractivity contribution in [2.45, 2.75) is 13.0 Å². The molecule has 0 saturated carbocycles. The Labute approximate surface area is 85.9 Å². The SMILES string of the molecule is CC(N)c1nccc(-c2cscn2)n1. The van der Waals surface area contributed by atoms with Crippen LogP contribution in [0.15, 0.2) is 23.2 Å². The van der Waals surface area contributed by atoms with Crippen molar-refractivity contribution in [3.05, 3.63) is 29.0 Å². The summed E-state index contributed by atoms with van der Waals surface area (Å²) in [5, 5.41) is 1.95. The van der Waals surface area contributed by atoms with Crippen molar-refractivity contribution in [3.8, 4) is 11.4 Å². The molecule has 72 valence electrons. The second kappa shape index (κ2) is 3.81. The van der Waals surface area contributed by atoms with E-state index in [0.29, 0.717) is 5.82 Å². The van der Waals surface area contributed by atoms with Crippen LogP contribution in [0.1, 0.15) is 18.8 Å². The lowest BCUT2D eigenvalue weighted by atomic mass is 10.3. The van der Waals surface area contributed by atoms with Crippen LogP contribution in [-0.4, -0.2) is 15.0 Å². The van der Waals surface area contributed by atoms with Crippen LogP contribution in [0.4, 0.5) is 0 Å². The van der Waals surface area contributed by atoms with E-state index in [1.54, 1.807) is 23.0 Å². The molecule has 0 radical (unpaired) electrons. The average Bonchev–Trinajstić information content (AvgIpc) is 2.71. The van der Waals surface area contributed by atoms with Crippen molar-refractivity contribution in [1.29, 1.82) is 0 Å². The molecule has 0 aliphatic carbocycles. The molecule has 1 unspecified atom stereocenters. The molecule has 14 heavy (non-hydrogen) atoms. The standard InChI is InChI=1S/C9H10N4S/c1-6(10)9-11-3-2-7(13-9)8-4-14-5-12-8/h2-6H,10H2,1H3. The van der Waals surface area contributed by atoms with Crippen LogP contribution in [0, 0.1) is 0 Å². The van der Waals surface area contributed by atoms with E-state index in [1.807, 2.05) is 18.4 Å². The third-order valence-corrected chi connectivity index (χ3v) is 2.36. The molecule has 5 heteroatoms. The van der Waals surface area contributed by atoms with E-state index >= 15 is 0 Å². The minimum atomic E-state index is -0.145. The highest BCUT2D eigenvalue weighted by Gasteiger charge is 2.06. The number of aromatic nitrogens is 3. The molecule has 0 saturated heterocycles. The maximum atomic E-state index is 5.69. The van der Waals surface area contributed by atoms with Gasteiger partial charge in [-0.05, 0) is 13.0 Å². The topological polar surface area (TPSA) is 64.7 Å². The number of nitrogens with zero attached hydrogens (tertiary/aromatic N) is 3. The van der Waals surface area contributed by atoms with Gasteiger partial charge in [0.15, 0.2) is 0 Å². The summed E-state index contributed by atoms with van der Waals surface area (Å²) in [6.45, 7) is 1.86. The van der Waals surface area contributed by atoms with Gasteiger partial charge in [0.25, 0.3) is 0 Å². The zero-order chi connectivity index (χ0) is 9.97. The summed E-state index contributed by atoms with van der Waals surface area (Å²) in [5.74, 6) is 0.649. The molecule has 0 fully saturated rings. The van der Waals surface area contributed by atoms with E-state index in [1.165, 1.54) is 0 Å². The van der Waals surface area contributed by atoms with E-state index in [2.05, 4.69) is 15.0 Å². The molecule has 2 heterocycles. The third-order valence-electron chi connectivity index (χ3n) is 1.78. The van der Waals surface area contributed by atoms with E-state index < -0.39 is 0 Å². The Bertz CT molecular complexity index is 411. The van der Waals surface area contributed by atoms with Crippen LogP contribution in [0.2, 0.25) is 0 Å². The second-order valence-corrected chi connectivity index (χ2v) is 3.68. The van der Waals surface area contributed by atoms with E-state index in [9.17, 15) is 0 Å². The first-order valence-corrected chi connectivity index (χ1v) is 5.19. The lowest BCUT2D eigenvalue weighted by molar-refractivity contribution is 0.740. The Morgan fingerprint density at radius 2 is 2.21 bits per heavy atom. The van der Waals surface area contributed by atoms with E-state index in [-0.39, 0.29) is 6.04 Å². The molecule has 0 spiro atoms. The molecule has 0 aromatic carbocycles. The summed E-state index contributed by atoms with van der Waals surface area (Å²) in [7, 11) is 0. The first-order chi connectivity index (χ1) is 6.77. The summed E-state index contributed by atoms with van der Waals surface area (Å²) < 4.78 is 0. The van der Waals surface area contributed by atoms with Gasteiger partial charge in [0, 0.05) is 11.6 Å². The lowest BCUT2D eigenvalue weighted by Crippen LogP contribution is -2.09. The molecule has 2 rings (SSSR count). The fourth-order valence-corrected chi connectivity index (χ4v) is 1.62. The Hall–Kier alpha value is -1.33. The van der Waals surface area contributed by atoms with Crippen LogP contribution < -0.4 is 5.73 Å². The average molecular weight is 206 g/mol. The zero-order valence-electron chi connectivity index (χ0n) is 7.71. The minimum absolute atomic E-state index is 0.145. The monoisotopic (exact) mass is 206 g/mol. The van der Waals surface area contributed by atoms with Gasteiger partial charge in [0.2, 0.25) is 0 Å². The largest absolute Gasteiger partial charge is 0.322 e. The van der Waals surface area contributed by atoms with Crippen molar-refractivity contribution in [1.82, 2.24) is 15.0 Å². The van der Waals surface area contributed by atoms with Crippen molar-refractivity contribution in [3.63, 3.8) is 0 Å². The zero-order valence-corrected chi connectivity index (χ0v) is 8.53. The van der Waals surface area contributed by atoms with Gasteiger partial charge in [0.1, 0.15) is 5.82 Å². The first-order valence-electron chi connectivity index (χ1n) is 4.24. The number of rotatable bonds is 2. The highest BCUT2D eigenvalue weighted by atomic mass is 32.1. The third kappa shape index (κ3) is 1.78. The van der Waals surface area contributed by atoms with Gasteiger partial charge in [-0.2, -0.15) is 0 Å². The Morgan fingerprint density at radius 1 is 1.36 bits per heavy atom. The molecule has 2 aromatic heterocycles. The molecule has 2 aromatic rings. The molecule has 1 atom stereocenters. The molecule has 2 N–H and O–H groups in total. The number of hydrogen-bond donors (Lipinski definition) is 1. The maximum Gasteiger partial charge on any atom is 0.145 e. The van der Waals surface area contributed by atoms with Gasteiger partial charge in [-0.25, -0.2) is 15.0 Å². The van der Waals surface area contributed by atoms with E-state index in [4.69, 9.17) is 5.73 Å². The summed E-state index contributed by atoms with van der Waals surface area (Å²) in [5.41, 5.74) is 9.18. The van der Waals surface area contributed by atoms with Crippen LogP contribution in [0.25, 0.3) is 11.4 Å². The van der Waals surface area contributed by atoms with Gasteiger partial charge in [0.05, 0.1) is 22.9 Å². The lowest BCUT2D eigenvalue weighted by Gasteiger charge is -2.03. The summed E-state index contributed by atoms with van der Waals surface area (Å²) >= 11 is 1.55. The quantitative estimate of drug-likeness (QED) is 0.811. The Balaban J connectivity index is 2.41. The normalized spacial score (nSPS) is 12.7. The fourth-order valence-electron chi connectivity index (χ4n) is 1.07. The molecular formula is C9H10N4S. The summed E-state index contributed by atoms with van der Waals surface area (Å²) in [6.07, 6.45) is 1.71. The molecular weight excluding hydrogens is 196 g/mol. The molecule has 0 bridgehead atoms. The number of thiazole rings is 1. The van der Waals surface area contributed by atoms with Crippen LogP contribution in [0.5, 0.6) is 0 Å². The highest BCUT2D eigenvalue weighted by molar-refractivity contribution is 7.07. The summed E-state index contributed by atoms with van der Waals surface area (Å²) in [4.78, 5) is 12.6. The van der Waals surface area contributed by atoms with Crippen LogP contribution >= 0.6 is 11.3 Å². The molecule has 0 aliphatic rings. The number of nitrogens with two attached hydrogens (primary N) is 1.